The molecule has 0 aliphatic rings. The largest absolute Gasteiger partial charge is 0.326 e. The molecule has 0 saturated carbocycles. The number of nitrogens with one attached hydrogen (secondary N) is 1. The van der Waals surface area contributed by atoms with Crippen LogP contribution in [0.4, 0.5) is 0 Å². The lowest BCUT2D eigenvalue weighted by molar-refractivity contribution is 1.00. The number of aryl methyl sites for hydroxylation is 1. The minimum atomic E-state index is 0.382. The molecule has 0 atom stereocenters. The van der Waals surface area contributed by atoms with Crippen molar-refractivity contribution in [3.8, 4) is 0 Å². The van der Waals surface area contributed by atoms with Crippen molar-refractivity contribution in [2.24, 2.45) is 5.73 Å². The molecule has 0 bridgehead atoms. The van der Waals surface area contributed by atoms with Crippen LogP contribution in [0.3, 0.4) is 0 Å². The molecule has 0 spiro atoms. The van der Waals surface area contributed by atoms with E-state index in [0.29, 0.717) is 12.3 Å². The van der Waals surface area contributed by atoms with Gasteiger partial charge in [-0.1, -0.05) is 30.3 Å². The van der Waals surface area contributed by atoms with E-state index in [1.807, 2.05) is 18.2 Å². The van der Waals surface area contributed by atoms with Crippen LogP contribution >= 0.6 is 0 Å². The quantitative estimate of drug-likeness (QED) is 0.649. The average Bonchev–Trinajstić information content (AvgIpc) is 2.16. The Balaban J connectivity index is 2.38. The van der Waals surface area contributed by atoms with Gasteiger partial charge in [-0.25, -0.2) is 0 Å². The zero-order valence-corrected chi connectivity index (χ0v) is 7.09. The van der Waals surface area contributed by atoms with E-state index >= 15 is 0 Å². The summed E-state index contributed by atoms with van der Waals surface area (Å²) in [6.07, 6.45) is 1.71. The fourth-order valence-electron chi connectivity index (χ4n) is 1.04. The smallest absolute Gasteiger partial charge is 0.0307 e. The molecule has 1 rings (SSSR count). The maximum atomic E-state index is 7.36. The van der Waals surface area contributed by atoms with Crippen molar-refractivity contribution in [2.75, 3.05) is 6.54 Å². The Morgan fingerprint density at radius 3 is 2.50 bits per heavy atom. The molecule has 64 valence electrons. The molecule has 0 heterocycles. The second-order valence-corrected chi connectivity index (χ2v) is 2.79. The zero-order chi connectivity index (χ0) is 8.81. The Bertz CT molecular complexity index is 241. The van der Waals surface area contributed by atoms with Gasteiger partial charge in [-0.05, 0) is 18.4 Å². The molecule has 0 aromatic heterocycles. The standard InChI is InChI=1S/C10H14N2/c11-8-10(12)7-6-9-4-2-1-3-5-9/h1-5,12H,6-8,11H2. The van der Waals surface area contributed by atoms with Crippen LogP contribution in [-0.2, 0) is 6.42 Å². The zero-order valence-electron chi connectivity index (χ0n) is 7.09. The van der Waals surface area contributed by atoms with Crippen LogP contribution in [0, 0.1) is 5.41 Å². The van der Waals surface area contributed by atoms with Gasteiger partial charge in [-0.2, -0.15) is 0 Å². The molecule has 0 amide bonds. The molecular formula is C10H14N2. The van der Waals surface area contributed by atoms with E-state index in [2.05, 4.69) is 12.1 Å². The summed E-state index contributed by atoms with van der Waals surface area (Å²) in [5.41, 5.74) is 7.21. The Kier molecular flexibility index (Phi) is 3.48. The summed E-state index contributed by atoms with van der Waals surface area (Å²) in [5, 5.41) is 7.36. The van der Waals surface area contributed by atoms with Gasteiger partial charge < -0.3 is 11.1 Å². The highest BCUT2D eigenvalue weighted by molar-refractivity contribution is 5.83. The topological polar surface area (TPSA) is 49.9 Å². The molecular weight excluding hydrogens is 148 g/mol. The van der Waals surface area contributed by atoms with Crippen LogP contribution in [0.1, 0.15) is 12.0 Å². The Morgan fingerprint density at radius 2 is 1.92 bits per heavy atom. The Labute approximate surface area is 72.9 Å². The van der Waals surface area contributed by atoms with Crippen molar-refractivity contribution in [1.29, 1.82) is 5.41 Å². The molecule has 0 saturated heterocycles. The number of rotatable bonds is 4. The van der Waals surface area contributed by atoms with Crippen LogP contribution in [0.2, 0.25) is 0 Å². The lowest BCUT2D eigenvalue weighted by atomic mass is 10.1. The highest BCUT2D eigenvalue weighted by Crippen LogP contribution is 2.02. The third-order valence-electron chi connectivity index (χ3n) is 1.80. The third kappa shape index (κ3) is 2.84. The minimum absolute atomic E-state index is 0.382. The molecule has 0 fully saturated rings. The summed E-state index contributed by atoms with van der Waals surface area (Å²) in [7, 11) is 0. The lowest BCUT2D eigenvalue weighted by Gasteiger charge is -2.00. The number of hydrogen-bond acceptors (Lipinski definition) is 2. The predicted molar refractivity (Wildman–Crippen MR) is 51.5 cm³/mol. The second-order valence-electron chi connectivity index (χ2n) is 2.79. The molecule has 0 aliphatic carbocycles. The summed E-state index contributed by atoms with van der Waals surface area (Å²) in [6, 6.07) is 10.2. The number of benzene rings is 1. The van der Waals surface area contributed by atoms with Crippen LogP contribution in [0.15, 0.2) is 30.3 Å². The van der Waals surface area contributed by atoms with E-state index in [9.17, 15) is 0 Å². The van der Waals surface area contributed by atoms with E-state index in [-0.39, 0.29) is 0 Å². The van der Waals surface area contributed by atoms with Crippen molar-refractivity contribution in [3.63, 3.8) is 0 Å². The molecule has 0 aliphatic heterocycles. The molecule has 0 unspecified atom stereocenters. The van der Waals surface area contributed by atoms with Gasteiger partial charge in [0.25, 0.3) is 0 Å². The maximum absolute atomic E-state index is 7.36. The van der Waals surface area contributed by atoms with Crippen LogP contribution in [0.5, 0.6) is 0 Å². The first kappa shape index (κ1) is 8.94. The van der Waals surface area contributed by atoms with Gasteiger partial charge in [0, 0.05) is 12.3 Å². The van der Waals surface area contributed by atoms with Crippen molar-refractivity contribution in [2.45, 2.75) is 12.8 Å². The first-order valence-electron chi connectivity index (χ1n) is 4.13. The molecule has 2 nitrogen and oxygen atoms in total. The van der Waals surface area contributed by atoms with Gasteiger partial charge in [0.1, 0.15) is 0 Å². The maximum Gasteiger partial charge on any atom is 0.0307 e. The summed E-state index contributed by atoms with van der Waals surface area (Å²) in [6.45, 7) is 0.382. The monoisotopic (exact) mass is 162 g/mol. The van der Waals surface area contributed by atoms with Gasteiger partial charge in [0.15, 0.2) is 0 Å². The van der Waals surface area contributed by atoms with Crippen LogP contribution < -0.4 is 5.73 Å². The van der Waals surface area contributed by atoms with E-state index < -0.39 is 0 Å². The number of hydrogen-bond donors (Lipinski definition) is 2. The molecule has 12 heavy (non-hydrogen) atoms. The van der Waals surface area contributed by atoms with Crippen molar-refractivity contribution in [3.05, 3.63) is 35.9 Å². The molecule has 0 radical (unpaired) electrons. The minimum Gasteiger partial charge on any atom is -0.326 e. The van der Waals surface area contributed by atoms with Crippen molar-refractivity contribution < 1.29 is 0 Å². The average molecular weight is 162 g/mol. The summed E-state index contributed by atoms with van der Waals surface area (Å²) >= 11 is 0. The van der Waals surface area contributed by atoms with E-state index in [0.717, 1.165) is 12.8 Å². The van der Waals surface area contributed by atoms with Crippen LogP contribution in [-0.4, -0.2) is 12.3 Å². The predicted octanol–water partition coefficient (Wildman–Crippen LogP) is 1.60. The molecule has 1 aromatic rings. The van der Waals surface area contributed by atoms with E-state index in [1.165, 1.54) is 5.56 Å². The van der Waals surface area contributed by atoms with Gasteiger partial charge in [-0.3, -0.25) is 0 Å². The normalized spacial score (nSPS) is 9.75. The van der Waals surface area contributed by atoms with Crippen molar-refractivity contribution in [1.82, 2.24) is 0 Å². The Morgan fingerprint density at radius 1 is 1.25 bits per heavy atom. The summed E-state index contributed by atoms with van der Waals surface area (Å²) in [5.74, 6) is 0. The Hall–Kier alpha value is -1.15. The molecule has 2 heteroatoms. The lowest BCUT2D eigenvalue weighted by Crippen LogP contribution is -2.12. The number of nitrogens with two attached hydrogens (primary N) is 1. The first-order valence-corrected chi connectivity index (χ1v) is 4.13. The molecule has 3 N–H and O–H groups in total. The van der Waals surface area contributed by atoms with Crippen LogP contribution in [0.25, 0.3) is 0 Å². The van der Waals surface area contributed by atoms with Gasteiger partial charge in [0.2, 0.25) is 0 Å². The van der Waals surface area contributed by atoms with Gasteiger partial charge >= 0.3 is 0 Å². The summed E-state index contributed by atoms with van der Waals surface area (Å²) in [4.78, 5) is 0. The molecule has 1 aromatic carbocycles. The van der Waals surface area contributed by atoms with E-state index in [4.69, 9.17) is 11.1 Å². The first-order chi connectivity index (χ1) is 5.83. The van der Waals surface area contributed by atoms with Gasteiger partial charge in [0.05, 0.1) is 0 Å². The highest BCUT2D eigenvalue weighted by Gasteiger charge is 1.94. The highest BCUT2D eigenvalue weighted by atomic mass is 14.6. The van der Waals surface area contributed by atoms with E-state index in [1.54, 1.807) is 0 Å². The SMILES string of the molecule is N=C(CN)CCc1ccccc1. The van der Waals surface area contributed by atoms with Gasteiger partial charge in [-0.15, -0.1) is 0 Å². The third-order valence-corrected chi connectivity index (χ3v) is 1.80. The summed E-state index contributed by atoms with van der Waals surface area (Å²) < 4.78 is 0. The second kappa shape index (κ2) is 4.67. The fraction of sp³-hybridized carbons (Fsp3) is 0.300. The fourth-order valence-corrected chi connectivity index (χ4v) is 1.04. The van der Waals surface area contributed by atoms with Crippen molar-refractivity contribution >= 4 is 5.71 Å².